The summed E-state index contributed by atoms with van der Waals surface area (Å²) in [6.45, 7) is 4.00. The zero-order valence-corrected chi connectivity index (χ0v) is 9.17. The van der Waals surface area contributed by atoms with Gasteiger partial charge in [-0.25, -0.2) is 0 Å². The number of ether oxygens (including phenoxy) is 1. The molecule has 0 heterocycles. The molecule has 0 saturated carbocycles. The van der Waals surface area contributed by atoms with Crippen LogP contribution in [0.3, 0.4) is 0 Å². The van der Waals surface area contributed by atoms with Gasteiger partial charge >= 0.3 is 11.9 Å². The molecule has 0 fully saturated rings. The summed E-state index contributed by atoms with van der Waals surface area (Å²) in [5, 5.41) is 0. The Morgan fingerprint density at radius 1 is 0.857 bits per heavy atom. The molecule has 0 aliphatic carbocycles. The molecule has 0 bridgehead atoms. The lowest BCUT2D eigenvalue weighted by Crippen LogP contribution is -2.11. The summed E-state index contributed by atoms with van der Waals surface area (Å²) in [4.78, 5) is 21.9. The molecule has 0 unspecified atom stereocenters. The maximum atomic E-state index is 11.0. The van der Waals surface area contributed by atoms with E-state index in [1.807, 2.05) is 6.92 Å². The van der Waals surface area contributed by atoms with Crippen molar-refractivity contribution < 1.29 is 14.3 Å². The van der Waals surface area contributed by atoms with Gasteiger partial charge in [0.25, 0.3) is 0 Å². The highest BCUT2D eigenvalue weighted by molar-refractivity contribution is 5.85. The molecule has 0 aromatic carbocycles. The van der Waals surface area contributed by atoms with Gasteiger partial charge in [-0.05, 0) is 12.8 Å². The Balaban J connectivity index is 3.40. The van der Waals surface area contributed by atoms with Crippen LogP contribution in [0, 0.1) is 0 Å². The van der Waals surface area contributed by atoms with Gasteiger partial charge in [0.15, 0.2) is 0 Å². The van der Waals surface area contributed by atoms with Crippen LogP contribution in [0.5, 0.6) is 0 Å². The minimum atomic E-state index is -0.395. The highest BCUT2D eigenvalue weighted by atomic mass is 16.6. The predicted molar refractivity (Wildman–Crippen MR) is 54.8 cm³/mol. The Bertz CT molecular complexity index is 175. The lowest BCUT2D eigenvalue weighted by atomic mass is 10.2. The first-order valence-electron chi connectivity index (χ1n) is 5.44. The van der Waals surface area contributed by atoms with Crippen LogP contribution in [-0.2, 0) is 14.3 Å². The second-order valence-electron chi connectivity index (χ2n) is 3.41. The second kappa shape index (κ2) is 8.73. The van der Waals surface area contributed by atoms with Gasteiger partial charge in [0.2, 0.25) is 0 Å². The number of hydrogen-bond donors (Lipinski definition) is 0. The molecule has 14 heavy (non-hydrogen) atoms. The summed E-state index contributed by atoms with van der Waals surface area (Å²) in [5.41, 5.74) is 0. The average Bonchev–Trinajstić information content (AvgIpc) is 2.13. The maximum absolute atomic E-state index is 11.0. The van der Waals surface area contributed by atoms with E-state index < -0.39 is 5.97 Å². The topological polar surface area (TPSA) is 43.4 Å². The molecule has 3 heteroatoms. The number of hydrogen-bond acceptors (Lipinski definition) is 3. The summed E-state index contributed by atoms with van der Waals surface area (Å²) < 4.78 is 4.59. The van der Waals surface area contributed by atoms with Crippen LogP contribution >= 0.6 is 0 Å². The molecular weight excluding hydrogens is 180 g/mol. The third kappa shape index (κ3) is 7.77. The van der Waals surface area contributed by atoms with Crippen LogP contribution in [0.2, 0.25) is 0 Å². The third-order valence-electron chi connectivity index (χ3n) is 1.92. The van der Waals surface area contributed by atoms with E-state index in [1.165, 1.54) is 0 Å². The Kier molecular flexibility index (Phi) is 8.19. The van der Waals surface area contributed by atoms with Gasteiger partial charge in [0.1, 0.15) is 0 Å². The molecular formula is C11H20O3. The molecule has 0 radical (unpaired) electrons. The molecule has 0 aromatic rings. The highest BCUT2D eigenvalue weighted by Gasteiger charge is 2.08. The zero-order valence-electron chi connectivity index (χ0n) is 9.17. The number of carbonyl (C=O) groups excluding carboxylic acids is 2. The molecule has 0 saturated heterocycles. The van der Waals surface area contributed by atoms with E-state index >= 15 is 0 Å². The first-order valence-corrected chi connectivity index (χ1v) is 5.44. The standard InChI is InChI=1S/C11H20O3/c1-3-5-6-7-9-11(13)14-10(12)8-4-2/h3-9H2,1-2H3. The molecule has 3 nitrogen and oxygen atoms in total. The number of esters is 2. The number of rotatable bonds is 7. The largest absolute Gasteiger partial charge is 0.393 e. The fourth-order valence-electron chi connectivity index (χ4n) is 1.13. The molecule has 0 amide bonds. The van der Waals surface area contributed by atoms with Crippen molar-refractivity contribution in [1.29, 1.82) is 0 Å². The van der Waals surface area contributed by atoms with Crippen molar-refractivity contribution in [3.63, 3.8) is 0 Å². The summed E-state index contributed by atoms with van der Waals surface area (Å²) >= 11 is 0. The predicted octanol–water partition coefficient (Wildman–Crippen LogP) is 2.83. The Labute approximate surface area is 85.8 Å². The van der Waals surface area contributed by atoms with Gasteiger partial charge in [-0.3, -0.25) is 9.59 Å². The van der Waals surface area contributed by atoms with Gasteiger partial charge < -0.3 is 4.74 Å². The fourth-order valence-corrected chi connectivity index (χ4v) is 1.13. The van der Waals surface area contributed by atoms with Gasteiger partial charge in [-0.15, -0.1) is 0 Å². The molecule has 0 aromatic heterocycles. The zero-order chi connectivity index (χ0) is 10.8. The van der Waals surface area contributed by atoms with Crippen molar-refractivity contribution in [3.05, 3.63) is 0 Å². The average molecular weight is 200 g/mol. The molecule has 0 N–H and O–H groups in total. The molecule has 0 atom stereocenters. The second-order valence-corrected chi connectivity index (χ2v) is 3.41. The minimum absolute atomic E-state index is 0.334. The van der Waals surface area contributed by atoms with Gasteiger partial charge in [0.05, 0.1) is 0 Å². The first-order chi connectivity index (χ1) is 6.70. The van der Waals surface area contributed by atoms with E-state index in [4.69, 9.17) is 0 Å². The van der Waals surface area contributed by atoms with E-state index in [2.05, 4.69) is 11.7 Å². The SMILES string of the molecule is CCCCCCC(=O)OC(=O)CCC. The first kappa shape index (κ1) is 13.1. The molecule has 0 aliphatic heterocycles. The van der Waals surface area contributed by atoms with Gasteiger partial charge in [0, 0.05) is 12.8 Å². The van der Waals surface area contributed by atoms with Gasteiger partial charge in [-0.1, -0.05) is 33.1 Å². The Hall–Kier alpha value is -0.860. The fraction of sp³-hybridized carbons (Fsp3) is 0.818. The van der Waals surface area contributed by atoms with Crippen LogP contribution in [0.15, 0.2) is 0 Å². The minimum Gasteiger partial charge on any atom is -0.393 e. The summed E-state index contributed by atoms with van der Waals surface area (Å²) in [6.07, 6.45) is 5.57. The Morgan fingerprint density at radius 2 is 1.50 bits per heavy atom. The third-order valence-corrected chi connectivity index (χ3v) is 1.92. The molecule has 0 aliphatic rings. The van der Waals surface area contributed by atoms with Crippen molar-refractivity contribution >= 4 is 11.9 Å². The van der Waals surface area contributed by atoms with Crippen LogP contribution in [0.1, 0.15) is 58.8 Å². The quantitative estimate of drug-likeness (QED) is 0.360. The summed E-state index contributed by atoms with van der Waals surface area (Å²) in [7, 11) is 0. The Morgan fingerprint density at radius 3 is 2.07 bits per heavy atom. The summed E-state index contributed by atoms with van der Waals surface area (Å²) in [5.74, 6) is -0.771. The van der Waals surface area contributed by atoms with E-state index in [1.54, 1.807) is 0 Å². The maximum Gasteiger partial charge on any atom is 0.313 e. The van der Waals surface area contributed by atoms with Crippen LogP contribution in [0.25, 0.3) is 0 Å². The normalized spacial score (nSPS) is 9.86. The van der Waals surface area contributed by atoms with E-state index in [-0.39, 0.29) is 5.97 Å². The smallest absolute Gasteiger partial charge is 0.313 e. The van der Waals surface area contributed by atoms with Crippen molar-refractivity contribution in [2.75, 3.05) is 0 Å². The monoisotopic (exact) mass is 200 g/mol. The van der Waals surface area contributed by atoms with Crippen molar-refractivity contribution in [2.24, 2.45) is 0 Å². The van der Waals surface area contributed by atoms with E-state index in [0.29, 0.717) is 12.8 Å². The molecule has 0 spiro atoms. The highest BCUT2D eigenvalue weighted by Crippen LogP contribution is 2.04. The van der Waals surface area contributed by atoms with Crippen LogP contribution in [-0.4, -0.2) is 11.9 Å². The van der Waals surface area contributed by atoms with E-state index in [0.717, 1.165) is 32.1 Å². The number of unbranched alkanes of at least 4 members (excludes halogenated alkanes) is 3. The van der Waals surface area contributed by atoms with E-state index in [9.17, 15) is 9.59 Å². The van der Waals surface area contributed by atoms with Crippen molar-refractivity contribution in [2.45, 2.75) is 58.8 Å². The van der Waals surface area contributed by atoms with Crippen LogP contribution < -0.4 is 0 Å². The summed E-state index contributed by atoms with van der Waals surface area (Å²) in [6, 6.07) is 0. The lowest BCUT2D eigenvalue weighted by molar-refractivity contribution is -0.159. The molecule has 82 valence electrons. The van der Waals surface area contributed by atoms with Crippen LogP contribution in [0.4, 0.5) is 0 Å². The van der Waals surface area contributed by atoms with Crippen molar-refractivity contribution in [3.8, 4) is 0 Å². The molecule has 0 rings (SSSR count). The van der Waals surface area contributed by atoms with Crippen molar-refractivity contribution in [1.82, 2.24) is 0 Å². The number of carbonyl (C=O) groups is 2. The van der Waals surface area contributed by atoms with Gasteiger partial charge in [-0.2, -0.15) is 0 Å². The lowest BCUT2D eigenvalue weighted by Gasteiger charge is -2.01.